The molecule has 1 aliphatic heterocycles. The van der Waals surface area contributed by atoms with Crippen LogP contribution in [-0.2, 0) is 4.74 Å². The first-order valence-corrected chi connectivity index (χ1v) is 14.4. The number of aryl methyl sites for hydroxylation is 1. The molecule has 1 aliphatic rings. The molecule has 1 N–H and O–H groups in total. The average molecular weight is 578 g/mol. The molecule has 1 fully saturated rings. The molecule has 0 bridgehead atoms. The summed E-state index contributed by atoms with van der Waals surface area (Å²) in [4.78, 5) is 37.8. The van der Waals surface area contributed by atoms with Crippen LogP contribution >= 0.6 is 0 Å². The Hall–Kier alpha value is -4.99. The van der Waals surface area contributed by atoms with Crippen molar-refractivity contribution in [3.05, 3.63) is 78.2 Å². The van der Waals surface area contributed by atoms with Crippen LogP contribution in [0.25, 0.3) is 38.9 Å². The minimum absolute atomic E-state index is 0.150. The number of fused-ring (bicyclic) bond motifs is 2. The highest BCUT2D eigenvalue weighted by atomic mass is 16.6. The number of rotatable bonds is 4. The van der Waals surface area contributed by atoms with E-state index in [1.165, 1.54) is 0 Å². The number of carbonyl (C=O) groups excluding carboxylic acids is 2. The lowest BCUT2D eigenvalue weighted by Gasteiger charge is -2.36. The molecule has 0 aliphatic carbocycles. The lowest BCUT2D eigenvalue weighted by Crippen LogP contribution is -2.50. The van der Waals surface area contributed by atoms with Crippen LogP contribution in [0.3, 0.4) is 0 Å². The molecule has 220 valence electrons. The van der Waals surface area contributed by atoms with Gasteiger partial charge in [0.2, 0.25) is 0 Å². The van der Waals surface area contributed by atoms with E-state index in [-0.39, 0.29) is 12.0 Å². The van der Waals surface area contributed by atoms with Gasteiger partial charge in [0, 0.05) is 67.2 Å². The summed E-state index contributed by atoms with van der Waals surface area (Å²) < 4.78 is 7.39. The summed E-state index contributed by atoms with van der Waals surface area (Å²) >= 11 is 0. The monoisotopic (exact) mass is 577 g/mol. The number of piperazine rings is 1. The van der Waals surface area contributed by atoms with Crippen molar-refractivity contribution < 1.29 is 14.3 Å². The van der Waals surface area contributed by atoms with Crippen molar-refractivity contribution in [3.63, 3.8) is 0 Å². The van der Waals surface area contributed by atoms with E-state index in [0.29, 0.717) is 18.7 Å². The molecule has 0 atom stereocenters. The van der Waals surface area contributed by atoms with Crippen molar-refractivity contribution >= 4 is 34.2 Å². The van der Waals surface area contributed by atoms with Gasteiger partial charge in [0.1, 0.15) is 5.60 Å². The normalized spacial score (nSPS) is 13.9. The van der Waals surface area contributed by atoms with Gasteiger partial charge in [0.15, 0.2) is 5.65 Å². The predicted molar refractivity (Wildman–Crippen MR) is 167 cm³/mol. The van der Waals surface area contributed by atoms with E-state index in [1.54, 1.807) is 30.3 Å². The fraction of sp³-hybridized carbons (Fsp3) is 0.303. The smallest absolute Gasteiger partial charge is 0.410 e. The number of benzene rings is 2. The van der Waals surface area contributed by atoms with Crippen LogP contribution in [-0.4, -0.2) is 75.3 Å². The van der Waals surface area contributed by atoms with Crippen molar-refractivity contribution in [2.75, 3.05) is 38.1 Å². The third-order valence-corrected chi connectivity index (χ3v) is 7.66. The van der Waals surface area contributed by atoms with Gasteiger partial charge in [-0.1, -0.05) is 18.2 Å². The molecular formula is C33H35N7O3. The number of imidazole rings is 1. The Balaban J connectivity index is 1.22. The second-order valence-corrected chi connectivity index (χ2v) is 11.7. The number of nitrogens with one attached hydrogen (secondary N) is 1. The van der Waals surface area contributed by atoms with E-state index in [9.17, 15) is 9.59 Å². The Labute approximate surface area is 250 Å². The minimum atomic E-state index is -0.495. The molecule has 5 aromatic rings. The molecule has 4 heterocycles. The van der Waals surface area contributed by atoms with Crippen LogP contribution < -0.4 is 10.2 Å². The van der Waals surface area contributed by atoms with E-state index in [2.05, 4.69) is 50.5 Å². The second-order valence-electron chi connectivity index (χ2n) is 11.7. The van der Waals surface area contributed by atoms with E-state index in [0.717, 1.165) is 63.4 Å². The fourth-order valence-electron chi connectivity index (χ4n) is 5.46. The van der Waals surface area contributed by atoms with Crippen LogP contribution in [0.1, 0.15) is 36.8 Å². The first-order chi connectivity index (χ1) is 20.6. The van der Waals surface area contributed by atoms with Crippen LogP contribution in [0, 0.1) is 6.92 Å². The Morgan fingerprint density at radius 2 is 1.65 bits per heavy atom. The van der Waals surface area contributed by atoms with Gasteiger partial charge in [-0.05, 0) is 69.7 Å². The lowest BCUT2D eigenvalue weighted by molar-refractivity contribution is 0.0240. The highest BCUT2D eigenvalue weighted by molar-refractivity contribution is 6.01. The van der Waals surface area contributed by atoms with E-state index >= 15 is 0 Å². The number of pyridine rings is 1. The third-order valence-electron chi connectivity index (χ3n) is 7.66. The lowest BCUT2D eigenvalue weighted by atomic mass is 10.0. The van der Waals surface area contributed by atoms with Gasteiger partial charge in [-0.2, -0.15) is 5.10 Å². The zero-order chi connectivity index (χ0) is 30.3. The zero-order valence-corrected chi connectivity index (χ0v) is 25.1. The third kappa shape index (κ3) is 5.60. The van der Waals surface area contributed by atoms with Crippen LogP contribution in [0.2, 0.25) is 0 Å². The molecule has 0 radical (unpaired) electrons. The van der Waals surface area contributed by atoms with Crippen molar-refractivity contribution in [1.82, 2.24) is 29.8 Å². The standard InChI is InChI=1S/C33H35N7O3/c1-21-27(22-6-9-24(10-7-22)38-14-16-39(17-15-38)32(42)43-33(2,3)4)19-30-36-20-29(40(30)37-21)26-12-13-35-28-18-23(31(41)34-5)8-11-25(26)28/h6-13,18-20H,14-17H2,1-5H3,(H,34,41). The summed E-state index contributed by atoms with van der Waals surface area (Å²) in [5, 5.41) is 8.50. The first kappa shape index (κ1) is 28.1. The van der Waals surface area contributed by atoms with Crippen molar-refractivity contribution in [2.45, 2.75) is 33.3 Å². The molecule has 0 unspecified atom stereocenters. The van der Waals surface area contributed by atoms with Crippen molar-refractivity contribution in [3.8, 4) is 22.4 Å². The van der Waals surface area contributed by atoms with Crippen molar-refractivity contribution in [1.29, 1.82) is 0 Å². The molecule has 0 spiro atoms. The summed E-state index contributed by atoms with van der Waals surface area (Å²) in [6, 6.07) is 18.0. The van der Waals surface area contributed by atoms with Gasteiger partial charge in [0.25, 0.3) is 5.91 Å². The largest absolute Gasteiger partial charge is 0.444 e. The second kappa shape index (κ2) is 11.0. The minimum Gasteiger partial charge on any atom is -0.444 e. The van der Waals surface area contributed by atoms with E-state index in [4.69, 9.17) is 9.84 Å². The van der Waals surface area contributed by atoms with Crippen LogP contribution in [0.5, 0.6) is 0 Å². The Morgan fingerprint density at radius 1 is 0.907 bits per heavy atom. The maximum absolute atomic E-state index is 12.4. The van der Waals surface area contributed by atoms with Gasteiger partial charge < -0.3 is 19.9 Å². The topological polar surface area (TPSA) is 105 Å². The SMILES string of the molecule is CNC(=O)c1ccc2c(-c3cnc4cc(-c5ccc(N6CCN(C(=O)OC(C)(C)C)CC6)cc5)c(C)nn34)ccnc2c1. The summed E-state index contributed by atoms with van der Waals surface area (Å²) in [5.74, 6) is -0.150. The zero-order valence-electron chi connectivity index (χ0n) is 25.1. The molecular weight excluding hydrogens is 542 g/mol. The fourth-order valence-corrected chi connectivity index (χ4v) is 5.46. The van der Waals surface area contributed by atoms with Gasteiger partial charge in [0.05, 0.1) is 23.1 Å². The van der Waals surface area contributed by atoms with Crippen molar-refractivity contribution in [2.24, 2.45) is 0 Å². The molecule has 0 saturated carbocycles. The first-order valence-electron chi connectivity index (χ1n) is 14.4. The number of carbonyl (C=O) groups is 2. The summed E-state index contributed by atoms with van der Waals surface area (Å²) in [6.07, 6.45) is 3.31. The predicted octanol–water partition coefficient (Wildman–Crippen LogP) is 5.34. The number of nitrogens with zero attached hydrogens (tertiary/aromatic N) is 6. The van der Waals surface area contributed by atoms with E-state index in [1.807, 2.05) is 50.5 Å². The highest BCUT2D eigenvalue weighted by Gasteiger charge is 2.26. The maximum Gasteiger partial charge on any atom is 0.410 e. The molecule has 6 rings (SSSR count). The Kier molecular flexibility index (Phi) is 7.21. The summed E-state index contributed by atoms with van der Waals surface area (Å²) in [6.45, 7) is 10.4. The number of ether oxygens (including phenoxy) is 1. The quantitative estimate of drug-likeness (QED) is 0.308. The van der Waals surface area contributed by atoms with Gasteiger partial charge in [-0.15, -0.1) is 0 Å². The maximum atomic E-state index is 12.4. The Bertz CT molecular complexity index is 1830. The van der Waals surface area contributed by atoms with E-state index < -0.39 is 5.60 Å². The van der Waals surface area contributed by atoms with Crippen LogP contribution in [0.15, 0.2) is 67.0 Å². The molecule has 2 amide bonds. The Morgan fingerprint density at radius 3 is 2.35 bits per heavy atom. The molecule has 3 aromatic heterocycles. The highest BCUT2D eigenvalue weighted by Crippen LogP contribution is 2.31. The molecule has 2 aromatic carbocycles. The average Bonchev–Trinajstić information content (AvgIpc) is 3.41. The number of anilines is 1. The summed E-state index contributed by atoms with van der Waals surface area (Å²) in [5.41, 5.74) is 7.40. The molecule has 1 saturated heterocycles. The molecule has 10 nitrogen and oxygen atoms in total. The van der Waals surface area contributed by atoms with Gasteiger partial charge in [-0.25, -0.2) is 14.3 Å². The number of hydrogen-bond acceptors (Lipinski definition) is 7. The number of hydrogen-bond donors (Lipinski definition) is 1. The number of amides is 2. The molecule has 10 heteroatoms. The summed E-state index contributed by atoms with van der Waals surface area (Å²) in [7, 11) is 1.61. The van der Waals surface area contributed by atoms with Gasteiger partial charge >= 0.3 is 6.09 Å². The molecule has 43 heavy (non-hydrogen) atoms. The van der Waals surface area contributed by atoms with Crippen LogP contribution in [0.4, 0.5) is 10.5 Å². The number of aromatic nitrogens is 4. The van der Waals surface area contributed by atoms with Gasteiger partial charge in [-0.3, -0.25) is 9.78 Å².